The first kappa shape index (κ1) is 39.0. The maximum atomic E-state index is 11.4. The van der Waals surface area contributed by atoms with Crippen LogP contribution in [0.25, 0.3) is 0 Å². The molecule has 2 fully saturated rings. The second-order valence-corrected chi connectivity index (χ2v) is 15.8. The number of hydrogen-bond acceptors (Lipinski definition) is 8. The number of carbonyl (C=O) groups is 1. The van der Waals surface area contributed by atoms with E-state index in [2.05, 4.69) is 27.0 Å². The van der Waals surface area contributed by atoms with E-state index in [-0.39, 0.29) is 65.8 Å². The molecule has 16 heteroatoms. The summed E-state index contributed by atoms with van der Waals surface area (Å²) in [6, 6.07) is 0. The van der Waals surface area contributed by atoms with Crippen LogP contribution in [-0.4, -0.2) is 81.6 Å². The molecule has 2 saturated carbocycles. The zero-order chi connectivity index (χ0) is 31.7. The van der Waals surface area contributed by atoms with Crippen molar-refractivity contribution >= 4 is 42.4 Å². The Labute approximate surface area is 263 Å². The van der Waals surface area contributed by atoms with Gasteiger partial charge in [0, 0.05) is 6.08 Å². The molecular formula is C27H48O12P2S2. The van der Waals surface area contributed by atoms with Crippen LogP contribution in [-0.2, 0) is 59.1 Å². The summed E-state index contributed by atoms with van der Waals surface area (Å²) < 4.78 is 64.8. The first-order valence-electron chi connectivity index (χ1n) is 14.4. The fourth-order valence-electron chi connectivity index (χ4n) is 5.64. The van der Waals surface area contributed by atoms with E-state index in [0.717, 1.165) is 57.4 Å². The fourth-order valence-corrected chi connectivity index (χ4v) is 7.47. The summed E-state index contributed by atoms with van der Waals surface area (Å²) in [6.07, 6.45) is 9.76. The Balaban J connectivity index is 1.77. The maximum absolute atomic E-state index is 11.4. The van der Waals surface area contributed by atoms with Gasteiger partial charge in [-0.15, -0.1) is 6.58 Å². The Hall–Kier alpha value is -0.150. The van der Waals surface area contributed by atoms with Crippen LogP contribution in [0, 0.1) is 17.3 Å². The van der Waals surface area contributed by atoms with Crippen molar-refractivity contribution in [3.05, 3.63) is 25.3 Å². The van der Waals surface area contributed by atoms with E-state index in [4.69, 9.17) is 51.2 Å². The summed E-state index contributed by atoms with van der Waals surface area (Å²) in [5.41, 5.74) is 0.177. The summed E-state index contributed by atoms with van der Waals surface area (Å²) in [5.74, 6) is 0.593. The van der Waals surface area contributed by atoms with Gasteiger partial charge in [0.1, 0.15) is 68.5 Å². The van der Waals surface area contributed by atoms with Gasteiger partial charge in [-0.05, 0) is 68.6 Å². The minimum atomic E-state index is -1.90. The largest absolute Gasteiger partial charge is 0.460 e. The highest BCUT2D eigenvalue weighted by molar-refractivity contribution is 8.12. The van der Waals surface area contributed by atoms with Crippen LogP contribution in [0.3, 0.4) is 0 Å². The van der Waals surface area contributed by atoms with Gasteiger partial charge in [0.2, 0.25) is 0 Å². The molecule has 0 aromatic rings. The molecule has 2 rings (SSSR count). The summed E-state index contributed by atoms with van der Waals surface area (Å²) in [7, 11) is -3.70. The second kappa shape index (κ2) is 21.6. The average molecular weight is 691 g/mol. The fraction of sp³-hybridized carbons (Fsp3) is 0.815. The standard InChI is InChI=1S/C27H48O12P2S2/c1-5-15-36-37-19-25(39-41-43(31)32)17-34-23-13-9-21(10-14-23)27(3,4)20-7-11-22(12-8-20)33-16-24(38-40-42(29)30)18-35-26(28)6-2/h5-6,20-25,29-32H,1-2,7-19H2,3-4H3. The molecule has 0 aromatic heterocycles. The van der Waals surface area contributed by atoms with Crippen LogP contribution in [0.4, 0.5) is 0 Å². The quantitative estimate of drug-likeness (QED) is 0.0210. The molecule has 2 unspecified atom stereocenters. The van der Waals surface area contributed by atoms with Crippen LogP contribution < -0.4 is 0 Å². The van der Waals surface area contributed by atoms with Gasteiger partial charge in [-0.3, -0.25) is 0 Å². The van der Waals surface area contributed by atoms with Crippen molar-refractivity contribution in [2.75, 3.05) is 33.0 Å². The van der Waals surface area contributed by atoms with Gasteiger partial charge >= 0.3 is 5.97 Å². The molecule has 0 saturated heterocycles. The predicted molar refractivity (Wildman–Crippen MR) is 169 cm³/mol. The van der Waals surface area contributed by atoms with Gasteiger partial charge in [0.25, 0.3) is 0 Å². The van der Waals surface area contributed by atoms with Crippen molar-refractivity contribution in [2.24, 2.45) is 17.3 Å². The van der Waals surface area contributed by atoms with Crippen LogP contribution in [0.15, 0.2) is 25.3 Å². The van der Waals surface area contributed by atoms with E-state index in [9.17, 15) is 4.79 Å². The van der Waals surface area contributed by atoms with Gasteiger partial charge in [-0.1, -0.05) is 26.5 Å². The smallest absolute Gasteiger partial charge is 0.330 e. The first-order chi connectivity index (χ1) is 20.5. The van der Waals surface area contributed by atoms with Crippen LogP contribution in [0.2, 0.25) is 0 Å². The Morgan fingerprint density at radius 1 is 0.791 bits per heavy atom. The molecule has 2 aliphatic carbocycles. The molecule has 0 aliphatic heterocycles. The van der Waals surface area contributed by atoms with E-state index in [1.807, 2.05) is 0 Å². The van der Waals surface area contributed by atoms with E-state index >= 15 is 0 Å². The van der Waals surface area contributed by atoms with Gasteiger partial charge in [-0.2, -0.15) is 0 Å². The molecule has 2 aliphatic rings. The van der Waals surface area contributed by atoms with Gasteiger partial charge < -0.3 is 41.5 Å². The molecule has 0 bridgehead atoms. The SMILES string of the molecule is C=CCOOCC(COC1CCC(C(C)(C)C2CCC(OCC(COC(=O)C=C)OP=S(O)O)CC2)CC1)OP=S(O)O. The van der Waals surface area contributed by atoms with Gasteiger partial charge in [0.15, 0.2) is 0 Å². The monoisotopic (exact) mass is 690 g/mol. The van der Waals surface area contributed by atoms with Crippen molar-refractivity contribution < 1.29 is 56.0 Å². The number of hydrogen-bond donors (Lipinski definition) is 4. The van der Waals surface area contributed by atoms with Crippen molar-refractivity contribution in [2.45, 2.75) is 89.6 Å². The van der Waals surface area contributed by atoms with Crippen molar-refractivity contribution in [1.82, 2.24) is 0 Å². The van der Waals surface area contributed by atoms with E-state index in [1.165, 1.54) is 0 Å². The summed E-state index contributed by atoms with van der Waals surface area (Å²) in [6.45, 7) is 12.5. The molecule has 12 nitrogen and oxygen atoms in total. The molecule has 2 atom stereocenters. The molecule has 250 valence electrons. The normalized spacial score (nSPS) is 24.7. The van der Waals surface area contributed by atoms with E-state index in [1.54, 1.807) is 6.08 Å². The Bertz CT molecular complexity index is 898. The van der Waals surface area contributed by atoms with E-state index < -0.39 is 39.4 Å². The third-order valence-corrected chi connectivity index (χ3v) is 10.5. The minimum absolute atomic E-state index is 0.00836. The Morgan fingerprint density at radius 2 is 1.26 bits per heavy atom. The third kappa shape index (κ3) is 15.8. The number of rotatable bonds is 20. The third-order valence-electron chi connectivity index (χ3n) is 8.11. The molecule has 43 heavy (non-hydrogen) atoms. The zero-order valence-corrected chi connectivity index (χ0v) is 28.4. The van der Waals surface area contributed by atoms with Crippen LogP contribution in [0.1, 0.15) is 65.2 Å². The highest BCUT2D eigenvalue weighted by Crippen LogP contribution is 2.49. The molecule has 0 radical (unpaired) electrons. The Morgan fingerprint density at radius 3 is 1.67 bits per heavy atom. The highest BCUT2D eigenvalue weighted by Gasteiger charge is 2.41. The number of carbonyl (C=O) groups excluding carboxylic acids is 1. The second-order valence-electron chi connectivity index (χ2n) is 11.2. The number of ether oxygens (including phenoxy) is 3. The van der Waals surface area contributed by atoms with E-state index in [0.29, 0.717) is 11.8 Å². The average Bonchev–Trinajstić information content (AvgIpc) is 2.99. The van der Waals surface area contributed by atoms with Crippen molar-refractivity contribution in [3.8, 4) is 0 Å². The topological polar surface area (TPSA) is 163 Å². The van der Waals surface area contributed by atoms with Crippen molar-refractivity contribution in [1.29, 1.82) is 0 Å². The van der Waals surface area contributed by atoms with Crippen LogP contribution >= 0.6 is 15.2 Å². The minimum Gasteiger partial charge on any atom is -0.460 e. The summed E-state index contributed by atoms with van der Waals surface area (Å²) >= 11 is 0. The van der Waals surface area contributed by atoms with Gasteiger partial charge in [-0.25, -0.2) is 14.6 Å². The summed E-state index contributed by atoms with van der Waals surface area (Å²) in [5, 5.41) is 0. The Kier molecular flexibility index (Phi) is 19.6. The molecule has 0 heterocycles. The zero-order valence-electron chi connectivity index (χ0n) is 25.0. The molecule has 0 amide bonds. The molecule has 0 aromatic carbocycles. The lowest BCUT2D eigenvalue weighted by atomic mass is 9.60. The van der Waals surface area contributed by atoms with Gasteiger partial charge in [0.05, 0.1) is 25.4 Å². The maximum Gasteiger partial charge on any atom is 0.330 e. The molecule has 0 spiro atoms. The number of esters is 1. The van der Waals surface area contributed by atoms with Crippen LogP contribution in [0.5, 0.6) is 0 Å². The first-order valence-corrected chi connectivity index (χ1v) is 19.5. The highest BCUT2D eigenvalue weighted by atomic mass is 32.5. The van der Waals surface area contributed by atoms with Crippen molar-refractivity contribution in [3.63, 3.8) is 0 Å². The predicted octanol–water partition coefficient (Wildman–Crippen LogP) is 6.48. The lowest BCUT2D eigenvalue weighted by molar-refractivity contribution is -0.297. The summed E-state index contributed by atoms with van der Waals surface area (Å²) in [4.78, 5) is 21.5. The lowest BCUT2D eigenvalue weighted by Crippen LogP contribution is -2.39. The molecule has 4 N–H and O–H groups in total. The molecular weight excluding hydrogens is 642 g/mol. The lowest BCUT2D eigenvalue weighted by Gasteiger charge is -2.46.